The molecule has 212 valence electrons. The van der Waals surface area contributed by atoms with Gasteiger partial charge in [0.2, 0.25) is 5.91 Å². The van der Waals surface area contributed by atoms with E-state index in [9.17, 15) is 9.90 Å². The second-order valence-corrected chi connectivity index (χ2v) is 11.0. The van der Waals surface area contributed by atoms with Gasteiger partial charge in [-0.25, -0.2) is 0 Å². The van der Waals surface area contributed by atoms with Gasteiger partial charge < -0.3 is 20.3 Å². The molecule has 0 radical (unpaired) electrons. The molecule has 3 aromatic carbocycles. The van der Waals surface area contributed by atoms with Crippen LogP contribution in [0.2, 0.25) is 0 Å². The largest absolute Gasteiger partial charge is 0.391 e. The molecule has 0 bridgehead atoms. The number of hydrogen-bond acceptors (Lipinski definition) is 5. The van der Waals surface area contributed by atoms with Gasteiger partial charge in [0.05, 0.1) is 12.6 Å². The predicted molar refractivity (Wildman–Crippen MR) is 162 cm³/mol. The predicted octanol–water partition coefficient (Wildman–Crippen LogP) is 3.97. The van der Waals surface area contributed by atoms with Crippen LogP contribution in [0.5, 0.6) is 0 Å². The summed E-state index contributed by atoms with van der Waals surface area (Å²) in [5.41, 5.74) is 5.15. The van der Waals surface area contributed by atoms with Gasteiger partial charge in [-0.05, 0) is 68.9 Å². The Morgan fingerprint density at radius 1 is 1.02 bits per heavy atom. The highest BCUT2D eigenvalue weighted by atomic mass is 16.7. The standard InChI is InChI=1S/C34H38N4O3/c1-24(39)33-30(23-37(2)3)32(34(40)35-20-19-28-21-36-31-12-8-7-11-29(28)31)38(41-33)22-27-17-15-26(16-18-27)14-13-25-9-5-4-6-10-25/h4-12,15-18,21,24,30,32-33,36,39H,19-20,22-23H2,1-3H3,(H,35,40)/t24-,30-,32-,33-/m0/s1. The number of amides is 1. The topological polar surface area (TPSA) is 80.8 Å². The van der Waals surface area contributed by atoms with E-state index < -0.39 is 18.2 Å². The fourth-order valence-corrected chi connectivity index (χ4v) is 5.53. The van der Waals surface area contributed by atoms with Crippen LogP contribution in [0.1, 0.15) is 29.2 Å². The molecule has 5 rings (SSSR count). The quantitative estimate of drug-likeness (QED) is 0.275. The highest BCUT2D eigenvalue weighted by molar-refractivity contribution is 5.84. The molecule has 4 aromatic rings. The highest BCUT2D eigenvalue weighted by Gasteiger charge is 2.48. The number of fused-ring (bicyclic) bond motifs is 1. The number of benzene rings is 3. The molecule has 1 saturated heterocycles. The molecular weight excluding hydrogens is 512 g/mol. The number of H-pyrrole nitrogens is 1. The van der Waals surface area contributed by atoms with Crippen LogP contribution in [-0.2, 0) is 22.6 Å². The lowest BCUT2D eigenvalue weighted by Gasteiger charge is -2.27. The zero-order valence-corrected chi connectivity index (χ0v) is 23.9. The average Bonchev–Trinajstić information content (AvgIpc) is 3.54. The van der Waals surface area contributed by atoms with Crippen molar-refractivity contribution in [1.29, 1.82) is 0 Å². The van der Waals surface area contributed by atoms with Crippen molar-refractivity contribution in [2.75, 3.05) is 27.2 Å². The summed E-state index contributed by atoms with van der Waals surface area (Å²) in [5, 5.41) is 16.7. The number of aromatic amines is 1. The van der Waals surface area contributed by atoms with E-state index in [1.54, 1.807) is 12.0 Å². The summed E-state index contributed by atoms with van der Waals surface area (Å²) in [6, 6.07) is 25.5. The lowest BCUT2D eigenvalue weighted by atomic mass is 9.90. The molecule has 1 aromatic heterocycles. The molecular formula is C34H38N4O3. The number of hydrogen-bond donors (Lipinski definition) is 3. The Morgan fingerprint density at radius 3 is 2.41 bits per heavy atom. The van der Waals surface area contributed by atoms with Crippen molar-refractivity contribution in [3.63, 3.8) is 0 Å². The number of aromatic nitrogens is 1. The first-order valence-corrected chi connectivity index (χ1v) is 14.1. The number of nitrogens with zero attached hydrogens (tertiary/aromatic N) is 2. The minimum atomic E-state index is -0.720. The molecule has 41 heavy (non-hydrogen) atoms. The molecule has 7 nitrogen and oxygen atoms in total. The smallest absolute Gasteiger partial charge is 0.240 e. The van der Waals surface area contributed by atoms with Gasteiger partial charge in [-0.15, -0.1) is 0 Å². The molecule has 4 atom stereocenters. The van der Waals surface area contributed by atoms with Crippen LogP contribution >= 0.6 is 0 Å². The fraction of sp³-hybridized carbons (Fsp3) is 0.324. The zero-order valence-electron chi connectivity index (χ0n) is 23.9. The van der Waals surface area contributed by atoms with Crippen molar-refractivity contribution < 1.29 is 14.7 Å². The minimum Gasteiger partial charge on any atom is -0.391 e. The molecule has 7 heteroatoms. The van der Waals surface area contributed by atoms with Crippen LogP contribution in [0.4, 0.5) is 0 Å². The molecule has 1 aliphatic rings. The molecule has 3 N–H and O–H groups in total. The fourth-order valence-electron chi connectivity index (χ4n) is 5.53. The SMILES string of the molecule is C[C@H](O)[C@@H]1ON(Cc2ccc(C#Cc3ccccc3)cc2)[C@H](C(=O)NCCc2c[nH]c3ccccc23)[C@@H]1CN(C)C. The van der Waals surface area contributed by atoms with E-state index in [0.29, 0.717) is 26.1 Å². The number of carbonyl (C=O) groups is 1. The third-order valence-corrected chi connectivity index (χ3v) is 7.50. The average molecular weight is 551 g/mol. The van der Waals surface area contributed by atoms with E-state index in [4.69, 9.17) is 4.84 Å². The van der Waals surface area contributed by atoms with Crippen molar-refractivity contribution in [2.45, 2.75) is 38.1 Å². The van der Waals surface area contributed by atoms with Crippen LogP contribution < -0.4 is 5.32 Å². The number of aliphatic hydroxyl groups excluding tert-OH is 1. The Balaban J connectivity index is 1.30. The van der Waals surface area contributed by atoms with E-state index in [1.807, 2.05) is 91.9 Å². The Hall–Kier alpha value is -3.93. The molecule has 0 spiro atoms. The number of rotatable bonds is 9. The Bertz CT molecular complexity index is 1500. The van der Waals surface area contributed by atoms with E-state index >= 15 is 0 Å². The number of nitrogens with one attached hydrogen (secondary N) is 2. The van der Waals surface area contributed by atoms with Crippen molar-refractivity contribution in [1.82, 2.24) is 20.3 Å². The van der Waals surface area contributed by atoms with Gasteiger partial charge in [-0.1, -0.05) is 60.4 Å². The molecule has 1 fully saturated rings. The first-order valence-electron chi connectivity index (χ1n) is 14.1. The van der Waals surface area contributed by atoms with Crippen LogP contribution in [0.25, 0.3) is 10.9 Å². The number of carbonyl (C=O) groups excluding carboxylic acids is 1. The van der Waals surface area contributed by atoms with Gasteiger partial charge in [0.15, 0.2) is 0 Å². The number of hydroxylamine groups is 2. The van der Waals surface area contributed by atoms with Crippen molar-refractivity contribution in [2.24, 2.45) is 5.92 Å². The van der Waals surface area contributed by atoms with Gasteiger partial charge >= 0.3 is 0 Å². The van der Waals surface area contributed by atoms with Crippen LogP contribution in [-0.4, -0.2) is 71.4 Å². The van der Waals surface area contributed by atoms with Gasteiger partial charge in [0, 0.05) is 47.2 Å². The van der Waals surface area contributed by atoms with Crippen LogP contribution in [0, 0.1) is 17.8 Å². The lowest BCUT2D eigenvalue weighted by Crippen LogP contribution is -2.49. The Labute approximate surface area is 242 Å². The summed E-state index contributed by atoms with van der Waals surface area (Å²) in [6.45, 7) is 3.26. The summed E-state index contributed by atoms with van der Waals surface area (Å²) in [4.78, 5) is 25.3. The Morgan fingerprint density at radius 2 is 1.71 bits per heavy atom. The summed E-state index contributed by atoms with van der Waals surface area (Å²) < 4.78 is 0. The van der Waals surface area contributed by atoms with Gasteiger partial charge in [-0.3, -0.25) is 9.63 Å². The second kappa shape index (κ2) is 13.2. The van der Waals surface area contributed by atoms with Gasteiger partial charge in [0.25, 0.3) is 0 Å². The third-order valence-electron chi connectivity index (χ3n) is 7.50. The Kier molecular flexibility index (Phi) is 9.17. The highest BCUT2D eigenvalue weighted by Crippen LogP contribution is 2.32. The number of aliphatic hydroxyl groups is 1. The summed E-state index contributed by atoms with van der Waals surface area (Å²) in [6.07, 6.45) is 1.51. The van der Waals surface area contributed by atoms with Crippen molar-refractivity contribution in [3.05, 3.63) is 107 Å². The normalized spacial score (nSPS) is 19.7. The summed E-state index contributed by atoms with van der Waals surface area (Å²) in [7, 11) is 3.95. The van der Waals surface area contributed by atoms with Crippen LogP contribution in [0.15, 0.2) is 85.1 Å². The van der Waals surface area contributed by atoms with Crippen molar-refractivity contribution in [3.8, 4) is 11.8 Å². The first kappa shape index (κ1) is 28.6. The minimum absolute atomic E-state index is 0.0924. The molecule has 2 heterocycles. The number of para-hydroxylation sites is 1. The maximum absolute atomic E-state index is 13.7. The second-order valence-electron chi connectivity index (χ2n) is 11.0. The first-order chi connectivity index (χ1) is 19.9. The third kappa shape index (κ3) is 7.05. The molecule has 0 saturated carbocycles. The summed E-state index contributed by atoms with van der Waals surface area (Å²) in [5.74, 6) is 6.10. The maximum atomic E-state index is 13.7. The molecule has 0 aliphatic carbocycles. The molecule has 1 amide bonds. The molecule has 1 aliphatic heterocycles. The van der Waals surface area contributed by atoms with Gasteiger partial charge in [0.1, 0.15) is 12.1 Å². The van der Waals surface area contributed by atoms with E-state index in [1.165, 1.54) is 10.9 Å². The van der Waals surface area contributed by atoms with E-state index in [0.717, 1.165) is 22.2 Å². The lowest BCUT2D eigenvalue weighted by molar-refractivity contribution is -0.192. The molecule has 0 unspecified atom stereocenters. The van der Waals surface area contributed by atoms with Crippen LogP contribution in [0.3, 0.4) is 0 Å². The van der Waals surface area contributed by atoms with E-state index in [-0.39, 0.29) is 11.8 Å². The van der Waals surface area contributed by atoms with Gasteiger partial charge in [-0.2, -0.15) is 5.06 Å². The zero-order chi connectivity index (χ0) is 28.8. The maximum Gasteiger partial charge on any atom is 0.240 e. The van der Waals surface area contributed by atoms with Crippen molar-refractivity contribution >= 4 is 16.8 Å². The monoisotopic (exact) mass is 550 g/mol. The van der Waals surface area contributed by atoms with E-state index in [2.05, 4.69) is 34.3 Å². The summed E-state index contributed by atoms with van der Waals surface area (Å²) >= 11 is 0.